The Hall–Kier alpha value is -0.600. The van der Waals surface area contributed by atoms with Crippen LogP contribution in [0.15, 0.2) is 0 Å². The van der Waals surface area contributed by atoms with Gasteiger partial charge in [-0.3, -0.25) is 0 Å². The zero-order valence-electron chi connectivity index (χ0n) is 10.7. The minimum atomic E-state index is -3.04. The molecular formula is C12H24N2O2S. The molecule has 100 valence electrons. The van der Waals surface area contributed by atoms with E-state index in [0.29, 0.717) is 13.0 Å². The van der Waals surface area contributed by atoms with Crippen molar-refractivity contribution in [3.05, 3.63) is 0 Å². The predicted octanol–water partition coefficient (Wildman–Crippen LogP) is 2.57. The Balaban J connectivity index is 3.36. The van der Waals surface area contributed by atoms with Crippen molar-refractivity contribution in [2.75, 3.05) is 12.3 Å². The van der Waals surface area contributed by atoms with Gasteiger partial charge in [0.1, 0.15) is 0 Å². The van der Waals surface area contributed by atoms with Gasteiger partial charge in [0.15, 0.2) is 0 Å². The lowest BCUT2D eigenvalue weighted by molar-refractivity contribution is 0.566. The first kappa shape index (κ1) is 16.4. The molecular weight excluding hydrogens is 236 g/mol. The monoisotopic (exact) mass is 260 g/mol. The average molecular weight is 260 g/mol. The molecule has 0 aliphatic carbocycles. The summed E-state index contributed by atoms with van der Waals surface area (Å²) in [6, 6.07) is 2.12. The van der Waals surface area contributed by atoms with Crippen molar-refractivity contribution in [1.82, 2.24) is 4.72 Å². The van der Waals surface area contributed by atoms with Gasteiger partial charge in [0, 0.05) is 13.0 Å². The number of nitrogens with one attached hydrogen (secondary N) is 1. The summed E-state index contributed by atoms with van der Waals surface area (Å²) in [7, 11) is -3.04. The van der Waals surface area contributed by atoms with Crippen LogP contribution in [-0.4, -0.2) is 20.7 Å². The average Bonchev–Trinajstić information content (AvgIpc) is 2.30. The Bertz CT molecular complexity index is 307. The molecule has 5 heteroatoms. The second kappa shape index (κ2) is 10.5. The maximum absolute atomic E-state index is 11.4. The summed E-state index contributed by atoms with van der Waals surface area (Å²) in [4.78, 5) is 0. The maximum Gasteiger partial charge on any atom is 0.211 e. The smallest absolute Gasteiger partial charge is 0.211 e. The number of sulfonamides is 1. The number of hydrogen-bond donors (Lipinski definition) is 1. The van der Waals surface area contributed by atoms with Crippen molar-refractivity contribution in [3.8, 4) is 6.07 Å². The summed E-state index contributed by atoms with van der Waals surface area (Å²) in [6.07, 6.45) is 7.28. The topological polar surface area (TPSA) is 70.0 Å². The van der Waals surface area contributed by atoms with Crippen LogP contribution in [0.4, 0.5) is 0 Å². The van der Waals surface area contributed by atoms with E-state index in [1.807, 2.05) is 6.92 Å². The van der Waals surface area contributed by atoms with E-state index in [1.54, 1.807) is 0 Å². The lowest BCUT2D eigenvalue weighted by Crippen LogP contribution is -2.27. The Morgan fingerprint density at radius 1 is 1.06 bits per heavy atom. The van der Waals surface area contributed by atoms with Crippen LogP contribution in [0.2, 0.25) is 0 Å². The molecule has 0 saturated heterocycles. The first-order valence-corrected chi connectivity index (χ1v) is 8.12. The molecule has 0 fully saturated rings. The van der Waals surface area contributed by atoms with E-state index in [-0.39, 0.29) is 5.75 Å². The Kier molecular flexibility index (Phi) is 10.2. The third kappa shape index (κ3) is 11.7. The highest BCUT2D eigenvalue weighted by Gasteiger charge is 2.07. The van der Waals surface area contributed by atoms with E-state index >= 15 is 0 Å². The molecule has 0 aliphatic rings. The zero-order chi connectivity index (χ0) is 13.0. The third-order valence-electron chi connectivity index (χ3n) is 2.55. The van der Waals surface area contributed by atoms with E-state index in [4.69, 9.17) is 5.26 Å². The quantitative estimate of drug-likeness (QED) is 0.580. The van der Waals surface area contributed by atoms with E-state index in [1.165, 1.54) is 0 Å². The van der Waals surface area contributed by atoms with Crippen molar-refractivity contribution in [3.63, 3.8) is 0 Å². The molecule has 0 aliphatic heterocycles. The molecule has 0 bridgehead atoms. The second-order valence-electron chi connectivity index (χ2n) is 4.24. The molecule has 0 spiro atoms. The molecule has 0 atom stereocenters. The third-order valence-corrected chi connectivity index (χ3v) is 4.02. The van der Waals surface area contributed by atoms with Crippen molar-refractivity contribution in [1.29, 1.82) is 5.26 Å². The van der Waals surface area contributed by atoms with Crippen molar-refractivity contribution in [2.45, 2.75) is 58.3 Å². The van der Waals surface area contributed by atoms with Crippen LogP contribution in [0.25, 0.3) is 0 Å². The molecule has 0 saturated carbocycles. The molecule has 17 heavy (non-hydrogen) atoms. The number of hydrogen-bond acceptors (Lipinski definition) is 3. The van der Waals surface area contributed by atoms with E-state index < -0.39 is 10.0 Å². The Labute approximate surface area is 105 Å². The molecule has 0 aromatic heterocycles. The first-order chi connectivity index (χ1) is 8.12. The Morgan fingerprint density at radius 3 is 2.35 bits per heavy atom. The summed E-state index contributed by atoms with van der Waals surface area (Å²) < 4.78 is 25.4. The van der Waals surface area contributed by atoms with Crippen LogP contribution in [0.1, 0.15) is 58.3 Å². The van der Waals surface area contributed by atoms with Gasteiger partial charge in [-0.25, -0.2) is 13.1 Å². The highest BCUT2D eigenvalue weighted by atomic mass is 32.2. The van der Waals surface area contributed by atoms with Crippen molar-refractivity contribution in [2.24, 2.45) is 0 Å². The largest absolute Gasteiger partial charge is 0.215 e. The molecule has 0 unspecified atom stereocenters. The normalized spacial score (nSPS) is 11.3. The van der Waals surface area contributed by atoms with Gasteiger partial charge in [-0.05, 0) is 19.3 Å². The molecule has 0 aromatic rings. The van der Waals surface area contributed by atoms with Crippen molar-refractivity contribution >= 4 is 10.0 Å². The number of rotatable bonds is 11. The molecule has 4 nitrogen and oxygen atoms in total. The van der Waals surface area contributed by atoms with E-state index in [0.717, 1.165) is 44.9 Å². The summed E-state index contributed by atoms with van der Waals surface area (Å²) in [6.45, 7) is 2.53. The molecule has 0 radical (unpaired) electrons. The molecule has 0 rings (SSSR count). The summed E-state index contributed by atoms with van der Waals surface area (Å²) >= 11 is 0. The van der Waals surface area contributed by atoms with Gasteiger partial charge in [0.25, 0.3) is 0 Å². The van der Waals surface area contributed by atoms with Crippen LogP contribution < -0.4 is 4.72 Å². The highest BCUT2D eigenvalue weighted by Crippen LogP contribution is 2.04. The summed E-state index contributed by atoms with van der Waals surface area (Å²) in [5, 5.41) is 8.34. The van der Waals surface area contributed by atoms with Crippen LogP contribution in [-0.2, 0) is 10.0 Å². The molecule has 0 heterocycles. The number of nitriles is 1. The summed E-state index contributed by atoms with van der Waals surface area (Å²) in [5.41, 5.74) is 0. The van der Waals surface area contributed by atoms with Crippen LogP contribution >= 0.6 is 0 Å². The van der Waals surface area contributed by atoms with Gasteiger partial charge in [-0.1, -0.05) is 32.6 Å². The fourth-order valence-corrected chi connectivity index (χ4v) is 2.76. The van der Waals surface area contributed by atoms with E-state index in [2.05, 4.69) is 10.8 Å². The lowest BCUT2D eigenvalue weighted by atomic mass is 10.1. The van der Waals surface area contributed by atoms with Gasteiger partial charge in [0.05, 0.1) is 11.8 Å². The minimum Gasteiger partial charge on any atom is -0.215 e. The van der Waals surface area contributed by atoms with Crippen LogP contribution in [0, 0.1) is 11.3 Å². The van der Waals surface area contributed by atoms with Crippen LogP contribution in [0.5, 0.6) is 0 Å². The Morgan fingerprint density at radius 2 is 1.71 bits per heavy atom. The van der Waals surface area contributed by atoms with Gasteiger partial charge < -0.3 is 0 Å². The lowest BCUT2D eigenvalue weighted by Gasteiger charge is -2.05. The zero-order valence-corrected chi connectivity index (χ0v) is 11.6. The molecule has 0 amide bonds. The standard InChI is InChI=1S/C12H24N2O2S/c1-2-3-12-17(15,16)14-11-9-7-5-4-6-8-10-13/h14H,2-9,11-12H2,1H3. The first-order valence-electron chi connectivity index (χ1n) is 6.46. The predicted molar refractivity (Wildman–Crippen MR) is 70.0 cm³/mol. The fraction of sp³-hybridized carbons (Fsp3) is 0.917. The maximum atomic E-state index is 11.4. The summed E-state index contributed by atoms with van der Waals surface area (Å²) in [5.74, 6) is 0.242. The van der Waals surface area contributed by atoms with E-state index in [9.17, 15) is 8.42 Å². The van der Waals surface area contributed by atoms with Crippen molar-refractivity contribution < 1.29 is 8.42 Å². The minimum absolute atomic E-state index is 0.242. The van der Waals surface area contributed by atoms with Gasteiger partial charge >= 0.3 is 0 Å². The fourth-order valence-electron chi connectivity index (χ4n) is 1.49. The van der Waals surface area contributed by atoms with Crippen LogP contribution in [0.3, 0.4) is 0 Å². The highest BCUT2D eigenvalue weighted by molar-refractivity contribution is 7.89. The van der Waals surface area contributed by atoms with Gasteiger partial charge in [-0.2, -0.15) is 5.26 Å². The van der Waals surface area contributed by atoms with Gasteiger partial charge in [0.2, 0.25) is 10.0 Å². The molecule has 0 aromatic carbocycles. The SMILES string of the molecule is CCCCS(=O)(=O)NCCCCCCCC#N. The van der Waals surface area contributed by atoms with Gasteiger partial charge in [-0.15, -0.1) is 0 Å². The molecule has 1 N–H and O–H groups in total. The number of unbranched alkanes of at least 4 members (excludes halogenated alkanes) is 6. The number of nitrogens with zero attached hydrogens (tertiary/aromatic N) is 1. The second-order valence-corrected chi connectivity index (χ2v) is 6.17.